The molecule has 4 nitrogen and oxygen atoms in total. The average Bonchev–Trinajstić information content (AvgIpc) is 3.31. The standard InChI is InChI=1S/C19H29N3O/c1-2-18-20-7-9-22(18)17-4-3-8-21(13-17)19(23)12-16-11-14-5-6-15(16)10-14/h7,9,14-17H,2-6,8,10-13H2,1H3. The van der Waals surface area contributed by atoms with Crippen molar-refractivity contribution >= 4 is 5.91 Å². The fourth-order valence-corrected chi connectivity index (χ4v) is 5.34. The number of hydrogen-bond acceptors (Lipinski definition) is 2. The Morgan fingerprint density at radius 2 is 2.22 bits per heavy atom. The van der Waals surface area contributed by atoms with E-state index in [2.05, 4.69) is 27.6 Å². The Morgan fingerprint density at radius 3 is 2.96 bits per heavy atom. The molecule has 4 atom stereocenters. The van der Waals surface area contributed by atoms with E-state index in [1.54, 1.807) is 0 Å². The average molecular weight is 315 g/mol. The Kier molecular flexibility index (Phi) is 4.16. The van der Waals surface area contributed by atoms with E-state index in [1.807, 2.05) is 6.20 Å². The largest absolute Gasteiger partial charge is 0.341 e. The first-order valence-corrected chi connectivity index (χ1v) is 9.54. The molecule has 0 aromatic carbocycles. The summed E-state index contributed by atoms with van der Waals surface area (Å²) in [5.74, 6) is 4.03. The van der Waals surface area contributed by atoms with Crippen LogP contribution in [-0.4, -0.2) is 33.4 Å². The van der Waals surface area contributed by atoms with Gasteiger partial charge in [0.2, 0.25) is 5.91 Å². The third-order valence-corrected chi connectivity index (χ3v) is 6.53. The highest BCUT2D eigenvalue weighted by Crippen LogP contribution is 2.49. The SMILES string of the molecule is CCc1nccn1C1CCCN(C(=O)CC2CC3CCC2C3)C1. The number of aromatic nitrogens is 2. The molecule has 4 heteroatoms. The summed E-state index contributed by atoms with van der Waals surface area (Å²) in [6, 6.07) is 0.421. The van der Waals surface area contributed by atoms with Gasteiger partial charge in [-0.05, 0) is 49.9 Å². The smallest absolute Gasteiger partial charge is 0.222 e. The van der Waals surface area contributed by atoms with Crippen molar-refractivity contribution in [1.29, 1.82) is 0 Å². The Hall–Kier alpha value is -1.32. The Labute approximate surface area is 139 Å². The highest BCUT2D eigenvalue weighted by Gasteiger charge is 2.41. The molecule has 126 valence electrons. The van der Waals surface area contributed by atoms with Gasteiger partial charge in [0.1, 0.15) is 5.82 Å². The van der Waals surface area contributed by atoms with E-state index >= 15 is 0 Å². The van der Waals surface area contributed by atoms with E-state index in [0.717, 1.165) is 50.0 Å². The molecule has 2 heterocycles. The number of rotatable bonds is 4. The molecule has 1 aromatic rings. The van der Waals surface area contributed by atoms with E-state index in [-0.39, 0.29) is 0 Å². The minimum Gasteiger partial charge on any atom is -0.341 e. The lowest BCUT2D eigenvalue weighted by Gasteiger charge is -2.35. The van der Waals surface area contributed by atoms with Crippen LogP contribution in [0.5, 0.6) is 0 Å². The summed E-state index contributed by atoms with van der Waals surface area (Å²) < 4.78 is 2.30. The van der Waals surface area contributed by atoms with Crippen LogP contribution in [-0.2, 0) is 11.2 Å². The third-order valence-electron chi connectivity index (χ3n) is 6.53. The zero-order valence-electron chi connectivity index (χ0n) is 14.3. The zero-order valence-corrected chi connectivity index (χ0v) is 14.3. The number of amides is 1. The van der Waals surface area contributed by atoms with Crippen molar-refractivity contribution in [2.75, 3.05) is 13.1 Å². The summed E-state index contributed by atoms with van der Waals surface area (Å²) in [5, 5.41) is 0. The number of likely N-dealkylation sites (tertiary alicyclic amines) is 1. The molecule has 3 aliphatic rings. The van der Waals surface area contributed by atoms with Crippen LogP contribution in [0.4, 0.5) is 0 Å². The lowest BCUT2D eigenvalue weighted by atomic mass is 9.86. The summed E-state index contributed by atoms with van der Waals surface area (Å²) >= 11 is 0. The van der Waals surface area contributed by atoms with Gasteiger partial charge in [0.25, 0.3) is 0 Å². The van der Waals surface area contributed by atoms with Crippen LogP contribution in [0.1, 0.15) is 63.7 Å². The summed E-state index contributed by atoms with van der Waals surface area (Å²) in [4.78, 5) is 19.4. The van der Waals surface area contributed by atoms with E-state index in [1.165, 1.54) is 32.1 Å². The number of imidazole rings is 1. The molecule has 1 aromatic heterocycles. The molecule has 3 fully saturated rings. The number of hydrogen-bond donors (Lipinski definition) is 0. The summed E-state index contributed by atoms with van der Waals surface area (Å²) in [5.41, 5.74) is 0. The Morgan fingerprint density at radius 1 is 1.30 bits per heavy atom. The maximum atomic E-state index is 12.8. The van der Waals surface area contributed by atoms with Gasteiger partial charge in [-0.15, -0.1) is 0 Å². The highest BCUT2D eigenvalue weighted by molar-refractivity contribution is 5.76. The van der Waals surface area contributed by atoms with Gasteiger partial charge in [-0.2, -0.15) is 0 Å². The van der Waals surface area contributed by atoms with Crippen LogP contribution in [0, 0.1) is 17.8 Å². The third kappa shape index (κ3) is 2.92. The number of carbonyl (C=O) groups excluding carboxylic acids is 1. The van der Waals surface area contributed by atoms with Crippen molar-refractivity contribution in [3.63, 3.8) is 0 Å². The number of aryl methyl sites for hydroxylation is 1. The quantitative estimate of drug-likeness (QED) is 0.853. The zero-order chi connectivity index (χ0) is 15.8. The van der Waals surface area contributed by atoms with Gasteiger partial charge >= 0.3 is 0 Å². The molecule has 4 unspecified atom stereocenters. The molecule has 0 spiro atoms. The first-order chi connectivity index (χ1) is 11.2. The van der Waals surface area contributed by atoms with Crippen molar-refractivity contribution in [3.8, 4) is 0 Å². The van der Waals surface area contributed by atoms with Crippen LogP contribution in [0.2, 0.25) is 0 Å². The first-order valence-electron chi connectivity index (χ1n) is 9.54. The van der Waals surface area contributed by atoms with Crippen LogP contribution in [0.25, 0.3) is 0 Å². The minimum atomic E-state index is 0.408. The molecular weight excluding hydrogens is 286 g/mol. The van der Waals surface area contributed by atoms with Crippen molar-refractivity contribution in [2.24, 2.45) is 17.8 Å². The molecule has 2 aliphatic carbocycles. The topological polar surface area (TPSA) is 38.1 Å². The molecular formula is C19H29N3O. The molecule has 4 rings (SSSR count). The van der Waals surface area contributed by atoms with Crippen LogP contribution in [0.3, 0.4) is 0 Å². The van der Waals surface area contributed by atoms with Gasteiger partial charge < -0.3 is 9.47 Å². The number of carbonyl (C=O) groups is 1. The normalized spacial score (nSPS) is 33.3. The predicted octanol–water partition coefficient (Wildman–Crippen LogP) is 3.44. The second-order valence-electron chi connectivity index (χ2n) is 7.88. The Balaban J connectivity index is 1.38. The van der Waals surface area contributed by atoms with Gasteiger partial charge in [-0.25, -0.2) is 4.98 Å². The monoisotopic (exact) mass is 315 g/mol. The molecule has 1 saturated heterocycles. The maximum absolute atomic E-state index is 12.8. The number of nitrogens with zero attached hydrogens (tertiary/aromatic N) is 3. The van der Waals surface area contributed by atoms with Gasteiger partial charge in [-0.3, -0.25) is 4.79 Å². The van der Waals surface area contributed by atoms with E-state index in [0.29, 0.717) is 17.9 Å². The lowest BCUT2D eigenvalue weighted by molar-refractivity contribution is -0.134. The van der Waals surface area contributed by atoms with Gasteiger partial charge in [0.15, 0.2) is 0 Å². The number of fused-ring (bicyclic) bond motifs is 2. The molecule has 1 aliphatic heterocycles. The fraction of sp³-hybridized carbons (Fsp3) is 0.789. The predicted molar refractivity (Wildman–Crippen MR) is 90.0 cm³/mol. The molecule has 0 N–H and O–H groups in total. The summed E-state index contributed by atoms with van der Waals surface area (Å²) in [6.45, 7) is 3.98. The highest BCUT2D eigenvalue weighted by atomic mass is 16.2. The van der Waals surface area contributed by atoms with Gasteiger partial charge in [0.05, 0.1) is 6.04 Å². The summed E-state index contributed by atoms with van der Waals surface area (Å²) in [6.07, 6.45) is 13.5. The van der Waals surface area contributed by atoms with Crippen molar-refractivity contribution in [3.05, 3.63) is 18.2 Å². The van der Waals surface area contributed by atoms with E-state index < -0.39 is 0 Å². The van der Waals surface area contributed by atoms with Gasteiger partial charge in [-0.1, -0.05) is 13.3 Å². The van der Waals surface area contributed by atoms with Crippen molar-refractivity contribution < 1.29 is 4.79 Å². The second kappa shape index (κ2) is 6.29. The molecule has 23 heavy (non-hydrogen) atoms. The fourth-order valence-electron chi connectivity index (χ4n) is 5.34. The van der Waals surface area contributed by atoms with E-state index in [4.69, 9.17) is 0 Å². The lowest BCUT2D eigenvalue weighted by Crippen LogP contribution is -2.41. The molecule has 2 bridgehead atoms. The maximum Gasteiger partial charge on any atom is 0.222 e. The Bertz CT molecular complexity index is 567. The second-order valence-corrected chi connectivity index (χ2v) is 7.88. The van der Waals surface area contributed by atoms with Crippen molar-refractivity contribution in [1.82, 2.24) is 14.5 Å². The van der Waals surface area contributed by atoms with Crippen LogP contribution >= 0.6 is 0 Å². The molecule has 1 amide bonds. The first kappa shape index (κ1) is 15.2. The minimum absolute atomic E-state index is 0.408. The summed E-state index contributed by atoms with van der Waals surface area (Å²) in [7, 11) is 0. The molecule has 0 radical (unpaired) electrons. The van der Waals surface area contributed by atoms with Crippen LogP contribution < -0.4 is 0 Å². The van der Waals surface area contributed by atoms with Crippen molar-refractivity contribution in [2.45, 2.75) is 64.3 Å². The number of piperidine rings is 1. The molecule has 2 saturated carbocycles. The van der Waals surface area contributed by atoms with Crippen LogP contribution in [0.15, 0.2) is 12.4 Å². The van der Waals surface area contributed by atoms with E-state index in [9.17, 15) is 4.79 Å². The van der Waals surface area contributed by atoms with Gasteiger partial charge in [0, 0.05) is 38.3 Å².